The van der Waals surface area contributed by atoms with Crippen molar-refractivity contribution in [1.82, 2.24) is 0 Å². The molecule has 4 aromatic rings. The van der Waals surface area contributed by atoms with E-state index in [0.717, 1.165) is 37.5 Å². The largest absolute Gasteiger partial charge is 0.480 e. The van der Waals surface area contributed by atoms with Crippen LogP contribution >= 0.6 is 0 Å². The van der Waals surface area contributed by atoms with Crippen LogP contribution in [0.5, 0.6) is 11.5 Å². The van der Waals surface area contributed by atoms with Crippen LogP contribution in [0.2, 0.25) is 0 Å². The molecule has 0 bridgehead atoms. The van der Waals surface area contributed by atoms with Crippen molar-refractivity contribution in [2.45, 2.75) is 44.9 Å². The van der Waals surface area contributed by atoms with Gasteiger partial charge in [-0.3, -0.25) is 0 Å². The molecule has 0 heterocycles. The lowest BCUT2D eigenvalue weighted by atomic mass is 9.97. The number of unbranched alkanes of at least 4 members (excludes halogenated alkanes) is 2. The second-order valence-corrected chi connectivity index (χ2v) is 10.0. The van der Waals surface area contributed by atoms with Gasteiger partial charge in [-0.25, -0.2) is 26.3 Å². The van der Waals surface area contributed by atoms with Crippen LogP contribution in [-0.4, -0.2) is 12.7 Å². The second kappa shape index (κ2) is 13.4. The van der Waals surface area contributed by atoms with Gasteiger partial charge in [-0.2, -0.15) is 22.0 Å². The number of hydrogen-bond donors (Lipinski definition) is 0. The minimum atomic E-state index is -5.35. The van der Waals surface area contributed by atoms with Crippen molar-refractivity contribution >= 4 is 0 Å². The van der Waals surface area contributed by atoms with Crippen molar-refractivity contribution in [1.29, 1.82) is 0 Å². The molecule has 0 radical (unpaired) electrons. The average Bonchev–Trinajstić information content (AvgIpc) is 2.91. The first-order chi connectivity index (χ1) is 21.1. The highest BCUT2D eigenvalue weighted by Gasteiger charge is 2.38. The SMILES string of the molecule is CCCCCc1ccc(OCC(F)(F)Oc2cc(F)c(-c3ccc(-c4cc(F)c(C(F)(F)F)c(F)c4)c(F)c3)c(F)c2)c(F)c1. The standard InChI is InChI=1S/C32H23F11O2/c1-2-3-4-5-17-6-9-28(23(34)10-17)44-16-31(39,40)45-20-14-24(35)29(25(36)15-20)18-7-8-21(22(33)11-18)19-12-26(37)30(27(38)13-19)32(41,42)43/h6-15H,2-5,16H2,1H3. The van der Waals surface area contributed by atoms with Crippen LogP contribution < -0.4 is 9.47 Å². The fraction of sp³-hybridized carbons (Fsp3) is 0.250. The van der Waals surface area contributed by atoms with Gasteiger partial charge >= 0.3 is 12.3 Å². The van der Waals surface area contributed by atoms with Crippen molar-refractivity contribution in [3.8, 4) is 33.8 Å². The minimum absolute atomic E-state index is 0.249. The smallest absolute Gasteiger partial charge is 0.433 e. The summed E-state index contributed by atoms with van der Waals surface area (Å²) in [7, 11) is 0. The van der Waals surface area contributed by atoms with E-state index in [0.29, 0.717) is 30.2 Å². The monoisotopic (exact) mass is 648 g/mol. The van der Waals surface area contributed by atoms with E-state index < -0.39 is 93.1 Å². The molecule has 240 valence electrons. The maximum atomic E-state index is 14.9. The zero-order valence-electron chi connectivity index (χ0n) is 23.3. The van der Waals surface area contributed by atoms with Gasteiger partial charge in [-0.05, 0) is 59.9 Å². The van der Waals surface area contributed by atoms with E-state index in [1.54, 1.807) is 0 Å². The summed E-state index contributed by atoms with van der Waals surface area (Å²) in [6.07, 6.45) is -6.22. The summed E-state index contributed by atoms with van der Waals surface area (Å²) in [4.78, 5) is 0. The molecule has 0 aliphatic heterocycles. The van der Waals surface area contributed by atoms with Gasteiger partial charge in [0.15, 0.2) is 18.2 Å². The summed E-state index contributed by atoms with van der Waals surface area (Å²) in [5, 5.41) is 0. The average molecular weight is 649 g/mol. The molecule has 0 aliphatic rings. The Kier molecular flexibility index (Phi) is 9.98. The lowest BCUT2D eigenvalue weighted by molar-refractivity contribution is -0.195. The first-order valence-electron chi connectivity index (χ1n) is 13.4. The van der Waals surface area contributed by atoms with Crippen molar-refractivity contribution in [3.63, 3.8) is 0 Å². The van der Waals surface area contributed by atoms with Gasteiger partial charge in [-0.15, -0.1) is 0 Å². The zero-order valence-corrected chi connectivity index (χ0v) is 23.3. The number of aryl methyl sites for hydroxylation is 1. The van der Waals surface area contributed by atoms with Gasteiger partial charge in [0.2, 0.25) is 0 Å². The van der Waals surface area contributed by atoms with Crippen LogP contribution in [0.3, 0.4) is 0 Å². The Bertz CT molecular complexity index is 1640. The molecule has 0 aromatic heterocycles. The molecule has 13 heteroatoms. The van der Waals surface area contributed by atoms with E-state index in [9.17, 15) is 48.3 Å². The van der Waals surface area contributed by atoms with Crippen molar-refractivity contribution in [2.75, 3.05) is 6.61 Å². The van der Waals surface area contributed by atoms with E-state index >= 15 is 0 Å². The van der Waals surface area contributed by atoms with Gasteiger partial charge in [0.25, 0.3) is 0 Å². The van der Waals surface area contributed by atoms with Crippen molar-refractivity contribution in [3.05, 3.63) is 107 Å². The highest BCUT2D eigenvalue weighted by Crippen LogP contribution is 2.38. The number of hydrogen-bond acceptors (Lipinski definition) is 2. The van der Waals surface area contributed by atoms with Crippen LogP contribution in [0.25, 0.3) is 22.3 Å². The fourth-order valence-electron chi connectivity index (χ4n) is 4.55. The number of alkyl halides is 5. The summed E-state index contributed by atoms with van der Waals surface area (Å²) >= 11 is 0. The van der Waals surface area contributed by atoms with E-state index in [1.807, 2.05) is 6.92 Å². The van der Waals surface area contributed by atoms with Crippen LogP contribution in [0, 0.1) is 34.9 Å². The summed E-state index contributed by atoms with van der Waals surface area (Å²) in [6.45, 7) is 0.491. The van der Waals surface area contributed by atoms with Gasteiger partial charge in [0.05, 0.1) is 5.56 Å². The first kappa shape index (κ1) is 33.6. The zero-order chi connectivity index (χ0) is 33.1. The van der Waals surface area contributed by atoms with E-state index in [4.69, 9.17) is 4.74 Å². The third-order valence-corrected chi connectivity index (χ3v) is 6.64. The number of benzene rings is 4. The molecule has 0 amide bonds. The number of ether oxygens (including phenoxy) is 2. The topological polar surface area (TPSA) is 18.5 Å². The van der Waals surface area contributed by atoms with Crippen LogP contribution in [0.15, 0.2) is 60.7 Å². The Morgan fingerprint density at radius 2 is 1.24 bits per heavy atom. The summed E-state index contributed by atoms with van der Waals surface area (Å²) in [5.74, 6) is -10.6. The third kappa shape index (κ3) is 8.06. The Morgan fingerprint density at radius 1 is 0.622 bits per heavy atom. The third-order valence-electron chi connectivity index (χ3n) is 6.64. The van der Waals surface area contributed by atoms with Crippen molar-refractivity contribution < 1.29 is 57.8 Å². The highest BCUT2D eigenvalue weighted by molar-refractivity contribution is 5.72. The molecule has 0 unspecified atom stereocenters. The molecule has 4 rings (SSSR count). The molecule has 2 nitrogen and oxygen atoms in total. The summed E-state index contributed by atoms with van der Waals surface area (Å²) in [6, 6.07) is 7.37. The minimum Gasteiger partial charge on any atom is -0.480 e. The number of rotatable bonds is 11. The van der Waals surface area contributed by atoms with E-state index in [2.05, 4.69) is 4.74 Å². The first-order valence-corrected chi connectivity index (χ1v) is 13.4. The molecule has 45 heavy (non-hydrogen) atoms. The maximum Gasteiger partial charge on any atom is 0.433 e. The predicted octanol–water partition coefficient (Wildman–Crippen LogP) is 10.7. The summed E-state index contributed by atoms with van der Waals surface area (Å²) < 4.78 is 163. The lowest BCUT2D eigenvalue weighted by Gasteiger charge is -2.19. The molecule has 4 aromatic carbocycles. The molecular formula is C32H23F11O2. The fourth-order valence-corrected chi connectivity index (χ4v) is 4.55. The van der Waals surface area contributed by atoms with Crippen LogP contribution in [0.1, 0.15) is 37.3 Å². The molecule has 0 atom stereocenters. The van der Waals surface area contributed by atoms with E-state index in [1.165, 1.54) is 12.1 Å². The molecule has 0 spiro atoms. The molecule has 0 N–H and O–H groups in total. The van der Waals surface area contributed by atoms with Crippen LogP contribution in [0.4, 0.5) is 48.3 Å². The molecule has 0 saturated carbocycles. The Labute approximate surface area is 250 Å². The Hall–Kier alpha value is -4.29. The summed E-state index contributed by atoms with van der Waals surface area (Å²) in [5.41, 5.74) is -4.11. The molecule has 0 saturated heterocycles. The highest BCUT2D eigenvalue weighted by atomic mass is 19.4. The lowest BCUT2D eigenvalue weighted by Crippen LogP contribution is -2.32. The van der Waals surface area contributed by atoms with Gasteiger partial charge in [0.1, 0.15) is 40.4 Å². The maximum absolute atomic E-state index is 14.9. The van der Waals surface area contributed by atoms with Gasteiger partial charge < -0.3 is 9.47 Å². The Balaban J connectivity index is 1.49. The van der Waals surface area contributed by atoms with Gasteiger partial charge in [0, 0.05) is 17.7 Å². The molecular weight excluding hydrogens is 625 g/mol. The Morgan fingerprint density at radius 3 is 1.80 bits per heavy atom. The molecule has 0 aliphatic carbocycles. The van der Waals surface area contributed by atoms with Gasteiger partial charge in [-0.1, -0.05) is 38.0 Å². The van der Waals surface area contributed by atoms with Crippen LogP contribution in [-0.2, 0) is 12.6 Å². The quantitative estimate of drug-likeness (QED) is 0.119. The number of halogens is 11. The second-order valence-electron chi connectivity index (χ2n) is 10.0. The predicted molar refractivity (Wildman–Crippen MR) is 143 cm³/mol. The molecule has 0 fully saturated rings. The van der Waals surface area contributed by atoms with E-state index in [-0.39, 0.29) is 12.1 Å². The van der Waals surface area contributed by atoms with Crippen molar-refractivity contribution in [2.24, 2.45) is 0 Å². The normalized spacial score (nSPS) is 12.0.